The minimum absolute atomic E-state index is 0.0694. The van der Waals surface area contributed by atoms with E-state index < -0.39 is 0 Å². The SMILES string of the molecule is C=CC(N)CC(C)OC. The van der Waals surface area contributed by atoms with Crippen LogP contribution in [0.4, 0.5) is 0 Å². The molecule has 0 aliphatic carbocycles. The van der Waals surface area contributed by atoms with Crippen LogP contribution in [0.1, 0.15) is 13.3 Å². The zero-order valence-electron chi connectivity index (χ0n) is 6.13. The van der Waals surface area contributed by atoms with E-state index in [0.29, 0.717) is 0 Å². The molecule has 0 saturated heterocycles. The van der Waals surface area contributed by atoms with Crippen molar-refractivity contribution in [2.75, 3.05) is 7.11 Å². The second kappa shape index (κ2) is 4.53. The van der Waals surface area contributed by atoms with Gasteiger partial charge in [-0.25, -0.2) is 0 Å². The highest BCUT2D eigenvalue weighted by Gasteiger charge is 2.02. The van der Waals surface area contributed by atoms with E-state index in [4.69, 9.17) is 10.5 Å². The average molecular weight is 129 g/mol. The Kier molecular flexibility index (Phi) is 4.36. The summed E-state index contributed by atoms with van der Waals surface area (Å²) in [5, 5.41) is 0. The fourth-order valence-corrected chi connectivity index (χ4v) is 0.576. The summed E-state index contributed by atoms with van der Waals surface area (Å²) in [6.07, 6.45) is 2.81. The summed E-state index contributed by atoms with van der Waals surface area (Å²) in [7, 11) is 1.68. The molecule has 2 nitrogen and oxygen atoms in total. The van der Waals surface area contributed by atoms with Crippen LogP contribution in [0, 0.1) is 0 Å². The summed E-state index contributed by atoms with van der Waals surface area (Å²) in [6, 6.07) is 0.0694. The molecule has 0 radical (unpaired) electrons. The van der Waals surface area contributed by atoms with Crippen LogP contribution in [0.2, 0.25) is 0 Å². The third-order valence-electron chi connectivity index (χ3n) is 1.31. The standard InChI is InChI=1S/C7H15NO/c1-4-7(8)5-6(2)9-3/h4,6-7H,1,5,8H2,2-3H3. The lowest BCUT2D eigenvalue weighted by atomic mass is 10.1. The van der Waals surface area contributed by atoms with E-state index in [2.05, 4.69) is 6.58 Å². The highest BCUT2D eigenvalue weighted by molar-refractivity contribution is 4.83. The van der Waals surface area contributed by atoms with E-state index in [1.165, 1.54) is 0 Å². The van der Waals surface area contributed by atoms with Crippen molar-refractivity contribution in [3.63, 3.8) is 0 Å². The quantitative estimate of drug-likeness (QED) is 0.573. The van der Waals surface area contributed by atoms with Gasteiger partial charge < -0.3 is 10.5 Å². The number of rotatable bonds is 4. The van der Waals surface area contributed by atoms with Gasteiger partial charge in [0.2, 0.25) is 0 Å². The highest BCUT2D eigenvalue weighted by Crippen LogP contribution is 1.98. The monoisotopic (exact) mass is 129 g/mol. The number of ether oxygens (including phenoxy) is 1. The Morgan fingerprint density at radius 1 is 1.78 bits per heavy atom. The van der Waals surface area contributed by atoms with Crippen molar-refractivity contribution in [3.05, 3.63) is 12.7 Å². The summed E-state index contributed by atoms with van der Waals surface area (Å²) in [4.78, 5) is 0. The molecule has 2 N–H and O–H groups in total. The molecule has 2 atom stereocenters. The van der Waals surface area contributed by atoms with Crippen molar-refractivity contribution < 1.29 is 4.74 Å². The predicted molar refractivity (Wildman–Crippen MR) is 39.3 cm³/mol. The van der Waals surface area contributed by atoms with Gasteiger partial charge in [-0.2, -0.15) is 0 Å². The molecule has 0 aliphatic heterocycles. The molecule has 54 valence electrons. The van der Waals surface area contributed by atoms with Gasteiger partial charge in [0.1, 0.15) is 0 Å². The van der Waals surface area contributed by atoms with Crippen LogP contribution in [0.15, 0.2) is 12.7 Å². The summed E-state index contributed by atoms with van der Waals surface area (Å²) in [5.41, 5.74) is 5.55. The third-order valence-corrected chi connectivity index (χ3v) is 1.31. The van der Waals surface area contributed by atoms with Crippen LogP contribution in [-0.4, -0.2) is 19.3 Å². The van der Waals surface area contributed by atoms with Crippen molar-refractivity contribution in [1.29, 1.82) is 0 Å². The van der Waals surface area contributed by atoms with Gasteiger partial charge in [-0.1, -0.05) is 6.08 Å². The molecular weight excluding hydrogens is 114 g/mol. The van der Waals surface area contributed by atoms with E-state index in [0.717, 1.165) is 6.42 Å². The molecule has 0 amide bonds. The normalized spacial score (nSPS) is 16.8. The first-order valence-corrected chi connectivity index (χ1v) is 3.11. The summed E-state index contributed by atoms with van der Waals surface area (Å²) < 4.78 is 4.99. The molecule has 0 aromatic carbocycles. The van der Waals surface area contributed by atoms with Crippen LogP contribution in [0.25, 0.3) is 0 Å². The first-order chi connectivity index (χ1) is 4.20. The summed E-state index contributed by atoms with van der Waals surface area (Å²) in [6.45, 7) is 5.56. The molecule has 0 rings (SSSR count). The van der Waals surface area contributed by atoms with Crippen LogP contribution in [0.3, 0.4) is 0 Å². The Labute approximate surface area is 56.7 Å². The Morgan fingerprint density at radius 3 is 2.67 bits per heavy atom. The molecule has 0 aromatic rings. The van der Waals surface area contributed by atoms with E-state index >= 15 is 0 Å². The maximum Gasteiger partial charge on any atom is 0.0561 e. The van der Waals surface area contributed by atoms with E-state index in [1.54, 1.807) is 13.2 Å². The summed E-state index contributed by atoms with van der Waals surface area (Å²) >= 11 is 0. The van der Waals surface area contributed by atoms with Crippen molar-refractivity contribution in [1.82, 2.24) is 0 Å². The second-order valence-corrected chi connectivity index (χ2v) is 2.18. The van der Waals surface area contributed by atoms with Crippen molar-refractivity contribution in [3.8, 4) is 0 Å². The Bertz CT molecular complexity index is 83.0. The second-order valence-electron chi connectivity index (χ2n) is 2.18. The van der Waals surface area contributed by atoms with Crippen LogP contribution in [0.5, 0.6) is 0 Å². The number of hydrogen-bond acceptors (Lipinski definition) is 2. The fourth-order valence-electron chi connectivity index (χ4n) is 0.576. The Hall–Kier alpha value is -0.340. The van der Waals surface area contributed by atoms with E-state index in [9.17, 15) is 0 Å². The van der Waals surface area contributed by atoms with Crippen LogP contribution < -0.4 is 5.73 Å². The lowest BCUT2D eigenvalue weighted by Gasteiger charge is -2.11. The van der Waals surface area contributed by atoms with Crippen LogP contribution in [-0.2, 0) is 4.74 Å². The van der Waals surface area contributed by atoms with Crippen molar-refractivity contribution in [2.24, 2.45) is 5.73 Å². The smallest absolute Gasteiger partial charge is 0.0561 e. The van der Waals surface area contributed by atoms with Gasteiger partial charge in [-0.05, 0) is 13.3 Å². The predicted octanol–water partition coefficient (Wildman–Crippen LogP) is 0.925. The fraction of sp³-hybridized carbons (Fsp3) is 0.714. The molecule has 0 heterocycles. The number of hydrogen-bond donors (Lipinski definition) is 1. The molecule has 0 fully saturated rings. The van der Waals surface area contributed by atoms with Gasteiger partial charge in [0.05, 0.1) is 6.10 Å². The zero-order chi connectivity index (χ0) is 7.28. The van der Waals surface area contributed by atoms with E-state index in [-0.39, 0.29) is 12.1 Å². The lowest BCUT2D eigenvalue weighted by Crippen LogP contribution is -2.22. The van der Waals surface area contributed by atoms with Crippen molar-refractivity contribution >= 4 is 0 Å². The molecule has 9 heavy (non-hydrogen) atoms. The minimum atomic E-state index is 0.0694. The lowest BCUT2D eigenvalue weighted by molar-refractivity contribution is 0.108. The van der Waals surface area contributed by atoms with Gasteiger partial charge in [0.25, 0.3) is 0 Å². The highest BCUT2D eigenvalue weighted by atomic mass is 16.5. The zero-order valence-corrected chi connectivity index (χ0v) is 6.13. The van der Waals surface area contributed by atoms with Gasteiger partial charge >= 0.3 is 0 Å². The van der Waals surface area contributed by atoms with Crippen LogP contribution >= 0.6 is 0 Å². The Balaban J connectivity index is 3.33. The topological polar surface area (TPSA) is 35.2 Å². The molecule has 2 unspecified atom stereocenters. The van der Waals surface area contributed by atoms with E-state index in [1.807, 2.05) is 6.92 Å². The molecule has 0 spiro atoms. The van der Waals surface area contributed by atoms with Gasteiger partial charge in [0.15, 0.2) is 0 Å². The molecule has 0 saturated carbocycles. The largest absolute Gasteiger partial charge is 0.382 e. The van der Waals surface area contributed by atoms with Gasteiger partial charge in [-0.3, -0.25) is 0 Å². The number of methoxy groups -OCH3 is 1. The first kappa shape index (κ1) is 8.66. The third kappa shape index (κ3) is 4.18. The maximum absolute atomic E-state index is 5.55. The minimum Gasteiger partial charge on any atom is -0.382 e. The molecule has 0 aliphatic rings. The first-order valence-electron chi connectivity index (χ1n) is 3.11. The van der Waals surface area contributed by atoms with Gasteiger partial charge in [0, 0.05) is 13.2 Å². The number of nitrogens with two attached hydrogens (primary N) is 1. The maximum atomic E-state index is 5.55. The Morgan fingerprint density at radius 2 is 2.33 bits per heavy atom. The average Bonchev–Trinajstić information content (AvgIpc) is 1.87. The van der Waals surface area contributed by atoms with Crippen molar-refractivity contribution in [2.45, 2.75) is 25.5 Å². The molecular formula is C7H15NO. The summed E-state index contributed by atoms with van der Waals surface area (Å²) in [5.74, 6) is 0. The van der Waals surface area contributed by atoms with Gasteiger partial charge in [-0.15, -0.1) is 6.58 Å². The molecule has 0 bridgehead atoms. The molecule has 0 aromatic heterocycles. The molecule has 2 heteroatoms.